The Morgan fingerprint density at radius 3 is 2.75 bits per heavy atom. The summed E-state index contributed by atoms with van der Waals surface area (Å²) < 4.78 is 55.5. The maximum absolute atomic E-state index is 14.1. The molecule has 0 radical (unpaired) electrons. The van der Waals surface area contributed by atoms with Crippen LogP contribution >= 0.6 is 11.8 Å². The fourth-order valence-electron chi connectivity index (χ4n) is 2.21. The van der Waals surface area contributed by atoms with Crippen LogP contribution in [0.15, 0.2) is 22.7 Å². The quantitative estimate of drug-likeness (QED) is 0.851. The first-order valence-electron chi connectivity index (χ1n) is 6.94. The third kappa shape index (κ3) is 3.53. The summed E-state index contributed by atoms with van der Waals surface area (Å²) in [5, 5.41) is 5.90. The maximum atomic E-state index is 14.1. The lowest BCUT2D eigenvalue weighted by Gasteiger charge is -2.11. The first-order valence-corrected chi connectivity index (χ1v) is 8.09. The van der Waals surface area contributed by atoms with Crippen LogP contribution < -0.4 is 5.32 Å². The molecule has 0 spiro atoms. The highest BCUT2D eigenvalue weighted by Gasteiger charge is 2.38. The predicted molar refractivity (Wildman–Crippen MR) is 77.9 cm³/mol. The molecule has 24 heavy (non-hydrogen) atoms. The van der Waals surface area contributed by atoms with Crippen LogP contribution in [-0.4, -0.2) is 33.6 Å². The molecule has 1 fully saturated rings. The number of hydrogen-bond acceptors (Lipinski definition) is 5. The van der Waals surface area contributed by atoms with Gasteiger partial charge < -0.3 is 9.84 Å². The van der Waals surface area contributed by atoms with E-state index in [4.69, 9.17) is 0 Å². The van der Waals surface area contributed by atoms with E-state index < -0.39 is 29.6 Å². The van der Waals surface area contributed by atoms with Crippen LogP contribution in [-0.2, 0) is 6.18 Å². The van der Waals surface area contributed by atoms with Gasteiger partial charge in [-0.15, -0.1) is 0 Å². The van der Waals surface area contributed by atoms with Crippen LogP contribution in [0, 0.1) is 5.82 Å². The van der Waals surface area contributed by atoms with Gasteiger partial charge in [-0.3, -0.25) is 4.79 Å². The summed E-state index contributed by atoms with van der Waals surface area (Å²) in [5.74, 6) is -1.64. The van der Waals surface area contributed by atoms with E-state index in [-0.39, 0.29) is 17.2 Å². The second-order valence-corrected chi connectivity index (χ2v) is 6.30. The number of carbonyl (C=O) groups is 1. The van der Waals surface area contributed by atoms with Crippen LogP contribution in [0.5, 0.6) is 0 Å². The summed E-state index contributed by atoms with van der Waals surface area (Å²) in [6.07, 6.45) is -3.96. The van der Waals surface area contributed by atoms with Crippen molar-refractivity contribution in [2.75, 3.05) is 11.5 Å². The molecule has 1 unspecified atom stereocenters. The third-order valence-electron chi connectivity index (χ3n) is 3.41. The number of rotatable bonds is 3. The number of benzene rings is 1. The number of amides is 1. The van der Waals surface area contributed by atoms with Crippen LogP contribution in [0.3, 0.4) is 0 Å². The molecule has 1 N–H and O–H groups in total. The van der Waals surface area contributed by atoms with Crippen molar-refractivity contribution in [1.82, 2.24) is 15.5 Å². The van der Waals surface area contributed by atoms with Gasteiger partial charge in [0.25, 0.3) is 5.91 Å². The van der Waals surface area contributed by atoms with E-state index in [0.717, 1.165) is 24.0 Å². The van der Waals surface area contributed by atoms with Gasteiger partial charge in [0.1, 0.15) is 5.82 Å². The molecule has 1 aromatic heterocycles. The zero-order chi connectivity index (χ0) is 17.3. The van der Waals surface area contributed by atoms with E-state index in [1.165, 1.54) is 12.1 Å². The molecule has 2 aromatic rings. The van der Waals surface area contributed by atoms with Gasteiger partial charge in [0.15, 0.2) is 0 Å². The first kappa shape index (κ1) is 16.7. The van der Waals surface area contributed by atoms with Crippen molar-refractivity contribution in [3.8, 4) is 11.4 Å². The molecule has 0 bridgehead atoms. The summed E-state index contributed by atoms with van der Waals surface area (Å²) in [7, 11) is 0. The Bertz CT molecular complexity index is 757. The van der Waals surface area contributed by atoms with Crippen LogP contribution in [0.1, 0.15) is 22.7 Å². The van der Waals surface area contributed by atoms with Gasteiger partial charge in [-0.1, -0.05) is 11.2 Å². The van der Waals surface area contributed by atoms with E-state index in [9.17, 15) is 22.4 Å². The van der Waals surface area contributed by atoms with Crippen molar-refractivity contribution >= 4 is 17.7 Å². The topological polar surface area (TPSA) is 68.0 Å². The number of halogens is 4. The van der Waals surface area contributed by atoms with Gasteiger partial charge in [0.05, 0.1) is 5.56 Å². The van der Waals surface area contributed by atoms with Crippen LogP contribution in [0.4, 0.5) is 17.6 Å². The molecule has 1 aromatic carbocycles. The van der Waals surface area contributed by atoms with Crippen molar-refractivity contribution < 1.29 is 26.9 Å². The molecule has 1 atom stereocenters. The Hall–Kier alpha value is -2.10. The zero-order valence-electron chi connectivity index (χ0n) is 12.1. The van der Waals surface area contributed by atoms with Gasteiger partial charge >= 0.3 is 12.1 Å². The highest BCUT2D eigenvalue weighted by molar-refractivity contribution is 7.99. The van der Waals surface area contributed by atoms with E-state index in [0.29, 0.717) is 0 Å². The standard InChI is InChI=1S/C14H11F4N3O2S/c15-10-5-7(11-20-13(23-21-11)14(16,17)18)1-2-9(10)12(22)19-8-3-4-24-6-8/h1-2,5,8H,3-4,6H2,(H,19,22). The molecule has 1 amide bonds. The Morgan fingerprint density at radius 2 is 2.17 bits per heavy atom. The number of hydrogen-bond donors (Lipinski definition) is 1. The molecular formula is C14H11F4N3O2S. The number of alkyl halides is 3. The highest BCUT2D eigenvalue weighted by atomic mass is 32.2. The van der Waals surface area contributed by atoms with Gasteiger partial charge in [-0.05, 0) is 24.3 Å². The summed E-state index contributed by atoms with van der Waals surface area (Å²) >= 11 is 1.70. The molecular weight excluding hydrogens is 350 g/mol. The van der Waals surface area contributed by atoms with Crippen molar-refractivity contribution in [2.24, 2.45) is 0 Å². The SMILES string of the molecule is O=C(NC1CCSC1)c1ccc(-c2noc(C(F)(F)F)n2)cc1F. The second kappa shape index (κ2) is 6.42. The molecule has 1 aliphatic heterocycles. The third-order valence-corrected chi connectivity index (χ3v) is 4.57. The summed E-state index contributed by atoms with van der Waals surface area (Å²) in [5.41, 5.74) is -0.199. The molecule has 1 saturated heterocycles. The summed E-state index contributed by atoms with van der Waals surface area (Å²) in [6, 6.07) is 3.36. The monoisotopic (exact) mass is 361 g/mol. The summed E-state index contributed by atoms with van der Waals surface area (Å²) in [6.45, 7) is 0. The number of aromatic nitrogens is 2. The largest absolute Gasteiger partial charge is 0.471 e. The molecule has 0 aliphatic carbocycles. The van der Waals surface area contributed by atoms with Gasteiger partial charge in [0, 0.05) is 17.4 Å². The fraction of sp³-hybridized carbons (Fsp3) is 0.357. The lowest BCUT2D eigenvalue weighted by Crippen LogP contribution is -2.35. The number of thioether (sulfide) groups is 1. The minimum absolute atomic E-state index is 0.00636. The molecule has 2 heterocycles. The van der Waals surface area contributed by atoms with Crippen molar-refractivity contribution in [3.05, 3.63) is 35.5 Å². The lowest BCUT2D eigenvalue weighted by molar-refractivity contribution is -0.159. The zero-order valence-corrected chi connectivity index (χ0v) is 12.9. The van der Waals surface area contributed by atoms with Crippen molar-refractivity contribution in [3.63, 3.8) is 0 Å². The Balaban J connectivity index is 1.79. The van der Waals surface area contributed by atoms with Crippen molar-refractivity contribution in [1.29, 1.82) is 0 Å². The minimum atomic E-state index is -4.77. The minimum Gasteiger partial charge on any atom is -0.348 e. The molecule has 1 aliphatic rings. The normalized spacial score (nSPS) is 17.9. The Morgan fingerprint density at radius 1 is 1.38 bits per heavy atom. The Kier molecular flexibility index (Phi) is 4.48. The molecule has 128 valence electrons. The van der Waals surface area contributed by atoms with Crippen LogP contribution in [0.25, 0.3) is 11.4 Å². The molecule has 3 rings (SSSR count). The molecule has 5 nitrogen and oxygen atoms in total. The lowest BCUT2D eigenvalue weighted by atomic mass is 10.1. The van der Waals surface area contributed by atoms with E-state index in [1.54, 1.807) is 11.8 Å². The summed E-state index contributed by atoms with van der Waals surface area (Å²) in [4.78, 5) is 15.2. The first-order chi connectivity index (χ1) is 11.3. The smallest absolute Gasteiger partial charge is 0.348 e. The van der Waals surface area contributed by atoms with Crippen LogP contribution in [0.2, 0.25) is 0 Å². The molecule has 10 heteroatoms. The predicted octanol–water partition coefficient (Wildman–Crippen LogP) is 3.13. The van der Waals surface area contributed by atoms with Crippen molar-refractivity contribution in [2.45, 2.75) is 18.6 Å². The Labute approximate surface area is 137 Å². The van der Waals surface area contributed by atoms with Gasteiger partial charge in [-0.2, -0.15) is 29.9 Å². The van der Waals surface area contributed by atoms with Gasteiger partial charge in [-0.25, -0.2) is 4.39 Å². The highest BCUT2D eigenvalue weighted by Crippen LogP contribution is 2.29. The van der Waals surface area contributed by atoms with E-state index in [2.05, 4.69) is 20.0 Å². The number of nitrogens with zero attached hydrogens (tertiary/aromatic N) is 2. The molecule has 0 saturated carbocycles. The second-order valence-electron chi connectivity index (χ2n) is 5.15. The van der Waals surface area contributed by atoms with Gasteiger partial charge in [0.2, 0.25) is 5.82 Å². The number of nitrogens with one attached hydrogen (secondary N) is 1. The average Bonchev–Trinajstić information content (AvgIpc) is 3.17. The number of carbonyl (C=O) groups excluding carboxylic acids is 1. The fourth-order valence-corrected chi connectivity index (χ4v) is 3.36. The van der Waals surface area contributed by atoms with E-state index >= 15 is 0 Å². The maximum Gasteiger partial charge on any atom is 0.471 e. The average molecular weight is 361 g/mol. The van der Waals surface area contributed by atoms with E-state index in [1.807, 2.05) is 0 Å².